The third-order valence-corrected chi connectivity index (χ3v) is 4.64. The van der Waals surface area contributed by atoms with Crippen LogP contribution in [0, 0.1) is 23.2 Å². The van der Waals surface area contributed by atoms with Gasteiger partial charge in [0.15, 0.2) is 0 Å². The van der Waals surface area contributed by atoms with Gasteiger partial charge in [0.25, 0.3) is 5.91 Å². The molecule has 144 valence electrons. The summed E-state index contributed by atoms with van der Waals surface area (Å²) in [5.41, 5.74) is 1.29. The highest BCUT2D eigenvalue weighted by Crippen LogP contribution is 2.29. The molecule has 3 amide bonds. The number of imide groups is 1. The van der Waals surface area contributed by atoms with Crippen molar-refractivity contribution in [3.63, 3.8) is 0 Å². The van der Waals surface area contributed by atoms with E-state index >= 15 is 0 Å². The van der Waals surface area contributed by atoms with Crippen molar-refractivity contribution in [1.29, 1.82) is 5.26 Å². The molecule has 2 unspecified atom stereocenters. The molecule has 1 aromatic carbocycles. The van der Waals surface area contributed by atoms with Gasteiger partial charge in [-0.2, -0.15) is 5.26 Å². The first-order valence-corrected chi connectivity index (χ1v) is 9.02. The quantitative estimate of drug-likeness (QED) is 0.743. The van der Waals surface area contributed by atoms with E-state index in [9.17, 15) is 19.5 Å². The third kappa shape index (κ3) is 4.27. The first kappa shape index (κ1) is 20.4. The molecule has 0 saturated carbocycles. The number of hydrogen-bond acceptors (Lipinski definition) is 4. The van der Waals surface area contributed by atoms with Crippen LogP contribution in [0.4, 0.5) is 4.79 Å². The molecule has 1 heterocycles. The van der Waals surface area contributed by atoms with Crippen LogP contribution in [0.5, 0.6) is 0 Å². The van der Waals surface area contributed by atoms with Crippen molar-refractivity contribution in [2.75, 3.05) is 0 Å². The molecule has 1 aromatic rings. The molecular weight excluding hydrogens is 346 g/mol. The minimum atomic E-state index is -1.19. The zero-order valence-electron chi connectivity index (χ0n) is 16.0. The Morgan fingerprint density at radius 1 is 1.19 bits per heavy atom. The number of aliphatic carboxylic acids is 1. The highest BCUT2D eigenvalue weighted by Gasteiger charge is 2.50. The Bertz CT molecular complexity index is 764. The molecule has 7 nitrogen and oxygen atoms in total. The highest BCUT2D eigenvalue weighted by atomic mass is 16.4. The van der Waals surface area contributed by atoms with Gasteiger partial charge in [0.2, 0.25) is 0 Å². The summed E-state index contributed by atoms with van der Waals surface area (Å²) < 4.78 is 0. The van der Waals surface area contributed by atoms with Gasteiger partial charge in [-0.05, 0) is 36.0 Å². The molecule has 27 heavy (non-hydrogen) atoms. The number of carboxylic acid groups (broad SMARTS) is 1. The van der Waals surface area contributed by atoms with E-state index in [0.29, 0.717) is 12.0 Å². The lowest BCUT2D eigenvalue weighted by Crippen LogP contribution is -2.48. The molecule has 1 aliphatic rings. The normalized spacial score (nSPS) is 18.3. The van der Waals surface area contributed by atoms with E-state index in [1.54, 1.807) is 38.1 Å². The summed E-state index contributed by atoms with van der Waals surface area (Å²) in [4.78, 5) is 40.0. The maximum absolute atomic E-state index is 13.0. The lowest BCUT2D eigenvalue weighted by Gasteiger charge is -2.25. The number of amides is 3. The van der Waals surface area contributed by atoms with Crippen LogP contribution in [0.2, 0.25) is 0 Å². The number of rotatable bonds is 7. The zero-order chi connectivity index (χ0) is 20.3. The number of benzene rings is 1. The van der Waals surface area contributed by atoms with Crippen molar-refractivity contribution in [3.05, 3.63) is 35.4 Å². The van der Waals surface area contributed by atoms with E-state index in [4.69, 9.17) is 5.26 Å². The Kier molecular flexibility index (Phi) is 6.21. The molecule has 1 aliphatic heterocycles. The Balaban J connectivity index is 2.37. The van der Waals surface area contributed by atoms with Crippen LogP contribution in [0.25, 0.3) is 0 Å². The lowest BCUT2D eigenvalue weighted by molar-refractivity contribution is -0.148. The number of carbonyl (C=O) groups excluding carboxylic acids is 2. The van der Waals surface area contributed by atoms with Gasteiger partial charge < -0.3 is 10.0 Å². The van der Waals surface area contributed by atoms with E-state index in [0.717, 1.165) is 10.5 Å². The monoisotopic (exact) mass is 371 g/mol. The molecule has 1 fully saturated rings. The van der Waals surface area contributed by atoms with E-state index in [1.807, 2.05) is 19.9 Å². The second kappa shape index (κ2) is 8.21. The van der Waals surface area contributed by atoms with Crippen LogP contribution in [-0.4, -0.2) is 44.9 Å². The zero-order valence-corrected chi connectivity index (χ0v) is 16.0. The van der Waals surface area contributed by atoms with Crippen LogP contribution >= 0.6 is 0 Å². The van der Waals surface area contributed by atoms with Crippen LogP contribution in [0.15, 0.2) is 24.3 Å². The number of nitrogens with zero attached hydrogens (tertiary/aromatic N) is 3. The molecule has 2 atom stereocenters. The van der Waals surface area contributed by atoms with E-state index in [2.05, 4.69) is 0 Å². The van der Waals surface area contributed by atoms with Crippen molar-refractivity contribution in [3.8, 4) is 6.07 Å². The molecule has 1 N–H and O–H groups in total. The SMILES string of the molecule is CC(C)CC1C(=O)N(C(C(=O)O)C(C)C)C(=O)N1Cc1ccc(C#N)cc1. The molecular formula is C20H25N3O4. The van der Waals surface area contributed by atoms with Crippen molar-refractivity contribution < 1.29 is 19.5 Å². The molecule has 0 radical (unpaired) electrons. The lowest BCUT2D eigenvalue weighted by atomic mass is 10.00. The Labute approximate surface area is 159 Å². The van der Waals surface area contributed by atoms with Gasteiger partial charge in [-0.1, -0.05) is 39.8 Å². The molecule has 0 aromatic heterocycles. The summed E-state index contributed by atoms with van der Waals surface area (Å²) >= 11 is 0. The number of urea groups is 1. The van der Waals surface area contributed by atoms with Gasteiger partial charge in [0, 0.05) is 6.54 Å². The Morgan fingerprint density at radius 3 is 2.22 bits per heavy atom. The number of carboxylic acids is 1. The largest absolute Gasteiger partial charge is 0.480 e. The Morgan fingerprint density at radius 2 is 1.78 bits per heavy atom. The number of nitriles is 1. The molecule has 7 heteroatoms. The molecule has 0 bridgehead atoms. The summed E-state index contributed by atoms with van der Waals surface area (Å²) in [5.74, 6) is -1.87. The molecule has 0 aliphatic carbocycles. The topological polar surface area (TPSA) is 102 Å². The van der Waals surface area contributed by atoms with Crippen LogP contribution in [0.3, 0.4) is 0 Å². The molecule has 0 spiro atoms. The van der Waals surface area contributed by atoms with Crippen LogP contribution < -0.4 is 0 Å². The molecule has 1 saturated heterocycles. The summed E-state index contributed by atoms with van der Waals surface area (Å²) in [6.45, 7) is 7.46. The third-order valence-electron chi connectivity index (χ3n) is 4.64. The van der Waals surface area contributed by atoms with Gasteiger partial charge in [0.05, 0.1) is 11.6 Å². The van der Waals surface area contributed by atoms with Crippen molar-refractivity contribution in [2.24, 2.45) is 11.8 Å². The standard InChI is InChI=1S/C20H25N3O4/c1-12(2)9-16-18(24)23(17(13(3)4)19(25)26)20(27)22(16)11-15-7-5-14(10-21)6-8-15/h5-8,12-13,16-17H,9,11H2,1-4H3,(H,25,26). The highest BCUT2D eigenvalue weighted by molar-refractivity contribution is 6.06. The fourth-order valence-electron chi connectivity index (χ4n) is 3.34. The van der Waals surface area contributed by atoms with Crippen molar-refractivity contribution in [1.82, 2.24) is 9.80 Å². The van der Waals surface area contributed by atoms with Crippen LogP contribution in [-0.2, 0) is 16.1 Å². The number of hydrogen-bond donors (Lipinski definition) is 1. The molecule has 2 rings (SSSR count). The minimum Gasteiger partial charge on any atom is -0.480 e. The first-order chi connectivity index (χ1) is 12.7. The van der Waals surface area contributed by atoms with Gasteiger partial charge in [-0.3, -0.25) is 4.79 Å². The van der Waals surface area contributed by atoms with Crippen molar-refractivity contribution in [2.45, 2.75) is 52.7 Å². The second-order valence-corrected chi connectivity index (χ2v) is 7.60. The Hall–Kier alpha value is -2.88. The van der Waals surface area contributed by atoms with Crippen molar-refractivity contribution >= 4 is 17.9 Å². The summed E-state index contributed by atoms with van der Waals surface area (Å²) in [6.07, 6.45) is 0.460. The first-order valence-electron chi connectivity index (χ1n) is 9.02. The smallest absolute Gasteiger partial charge is 0.328 e. The average Bonchev–Trinajstić information content (AvgIpc) is 2.80. The fraction of sp³-hybridized carbons (Fsp3) is 0.500. The maximum Gasteiger partial charge on any atom is 0.328 e. The predicted molar refractivity (Wildman–Crippen MR) is 98.4 cm³/mol. The van der Waals surface area contributed by atoms with Gasteiger partial charge in [-0.25, -0.2) is 14.5 Å². The second-order valence-electron chi connectivity index (χ2n) is 7.60. The van der Waals surface area contributed by atoms with Gasteiger partial charge in [0.1, 0.15) is 12.1 Å². The minimum absolute atomic E-state index is 0.164. The summed E-state index contributed by atoms with van der Waals surface area (Å²) in [5, 5.41) is 18.5. The van der Waals surface area contributed by atoms with Gasteiger partial charge in [-0.15, -0.1) is 0 Å². The fourth-order valence-corrected chi connectivity index (χ4v) is 3.34. The number of carbonyl (C=O) groups is 3. The van der Waals surface area contributed by atoms with E-state index in [-0.39, 0.29) is 12.5 Å². The van der Waals surface area contributed by atoms with Crippen LogP contribution in [0.1, 0.15) is 45.2 Å². The average molecular weight is 371 g/mol. The van der Waals surface area contributed by atoms with Gasteiger partial charge >= 0.3 is 12.0 Å². The van der Waals surface area contributed by atoms with E-state index < -0.39 is 35.9 Å². The maximum atomic E-state index is 13.0. The predicted octanol–water partition coefficient (Wildman–Crippen LogP) is 2.85. The summed E-state index contributed by atoms with van der Waals surface area (Å²) in [6, 6.07) is 6.37. The van der Waals surface area contributed by atoms with E-state index in [1.165, 1.54) is 4.90 Å². The summed E-state index contributed by atoms with van der Waals surface area (Å²) in [7, 11) is 0.